The molecule has 0 saturated carbocycles. The lowest BCUT2D eigenvalue weighted by atomic mass is 10.0. The molecule has 0 fully saturated rings. The number of rotatable bonds is 6. The topological polar surface area (TPSA) is 79.2 Å². The van der Waals surface area contributed by atoms with Gasteiger partial charge < -0.3 is 4.74 Å². The van der Waals surface area contributed by atoms with Crippen LogP contribution in [0.2, 0.25) is 0 Å². The van der Waals surface area contributed by atoms with Crippen LogP contribution in [0.25, 0.3) is 11.3 Å². The van der Waals surface area contributed by atoms with Crippen LogP contribution in [0.15, 0.2) is 58.5 Å². The number of hydrogen-bond acceptors (Lipinski definition) is 5. The maximum absolute atomic E-state index is 13.2. The standard InChI is InChI=1S/C23H24N4O3S/c1-4-14-30-19-13-9-7-11-17(19)22-26(15(3)28)18-12-8-6-10-16(18)20-21(29)24-23(31-5-2)25-27(20)22/h6-13,22H,4-5,14H2,1-3H3/p+1/t22-/m1/s1. The number of aromatic amines is 1. The maximum atomic E-state index is 13.2. The molecule has 1 N–H and O–H groups in total. The van der Waals surface area contributed by atoms with E-state index < -0.39 is 6.17 Å². The molecule has 0 bridgehead atoms. The third kappa shape index (κ3) is 3.83. The average Bonchev–Trinajstić information content (AvgIpc) is 2.76. The predicted molar refractivity (Wildman–Crippen MR) is 120 cm³/mol. The van der Waals surface area contributed by atoms with E-state index in [2.05, 4.69) is 4.98 Å². The van der Waals surface area contributed by atoms with Gasteiger partial charge in [0.25, 0.3) is 6.17 Å². The monoisotopic (exact) mass is 437 g/mol. The van der Waals surface area contributed by atoms with Crippen LogP contribution >= 0.6 is 11.8 Å². The van der Waals surface area contributed by atoms with Crippen LogP contribution in [0.4, 0.5) is 5.69 Å². The van der Waals surface area contributed by atoms with Gasteiger partial charge in [0, 0.05) is 12.0 Å². The number of thioether (sulfide) groups is 1. The van der Waals surface area contributed by atoms with Crippen LogP contribution in [0.5, 0.6) is 5.75 Å². The van der Waals surface area contributed by atoms with Crippen LogP contribution in [0.1, 0.15) is 38.9 Å². The van der Waals surface area contributed by atoms with Crippen molar-refractivity contribution in [3.05, 3.63) is 64.4 Å². The summed E-state index contributed by atoms with van der Waals surface area (Å²) in [5.41, 5.74) is 2.30. The molecule has 2 aromatic carbocycles. The highest BCUT2D eigenvalue weighted by atomic mass is 32.2. The number of carbonyl (C=O) groups is 1. The van der Waals surface area contributed by atoms with Crippen LogP contribution in [-0.4, -0.2) is 28.3 Å². The van der Waals surface area contributed by atoms with E-state index in [4.69, 9.17) is 9.84 Å². The van der Waals surface area contributed by atoms with Crippen molar-refractivity contribution in [2.45, 2.75) is 38.5 Å². The van der Waals surface area contributed by atoms with E-state index in [1.54, 1.807) is 9.58 Å². The van der Waals surface area contributed by atoms with Crippen molar-refractivity contribution in [1.82, 2.24) is 10.1 Å². The molecule has 1 aliphatic heterocycles. The first kappa shape index (κ1) is 21.1. The molecule has 0 radical (unpaired) electrons. The molecular formula is C23H25N4O3S+. The Morgan fingerprint density at radius 3 is 2.68 bits per heavy atom. The summed E-state index contributed by atoms with van der Waals surface area (Å²) in [7, 11) is 0. The molecule has 1 aliphatic rings. The van der Waals surface area contributed by atoms with E-state index in [1.807, 2.05) is 62.4 Å². The van der Waals surface area contributed by atoms with Crippen molar-refractivity contribution in [3.8, 4) is 17.0 Å². The summed E-state index contributed by atoms with van der Waals surface area (Å²) in [6.45, 7) is 6.12. The first-order valence-corrected chi connectivity index (χ1v) is 11.3. The molecule has 4 rings (SSSR count). The Labute approximate surface area is 185 Å². The summed E-state index contributed by atoms with van der Waals surface area (Å²) in [6.07, 6.45) is 0.214. The Bertz CT molecular complexity index is 1180. The first-order chi connectivity index (χ1) is 15.1. The van der Waals surface area contributed by atoms with Crippen LogP contribution < -0.4 is 19.9 Å². The van der Waals surface area contributed by atoms with Gasteiger partial charge in [-0.15, -0.1) is 0 Å². The fourth-order valence-corrected chi connectivity index (χ4v) is 4.42. The van der Waals surface area contributed by atoms with E-state index >= 15 is 0 Å². The van der Waals surface area contributed by atoms with E-state index in [1.165, 1.54) is 18.7 Å². The third-order valence-corrected chi connectivity index (χ3v) is 5.78. The smallest absolute Gasteiger partial charge is 0.325 e. The Hall–Kier alpha value is -3.13. The summed E-state index contributed by atoms with van der Waals surface area (Å²) in [5, 5.41) is 5.26. The summed E-state index contributed by atoms with van der Waals surface area (Å²) in [5.74, 6) is 1.29. The Kier molecular flexibility index (Phi) is 6.08. The highest BCUT2D eigenvalue weighted by Crippen LogP contribution is 2.39. The van der Waals surface area contributed by atoms with Gasteiger partial charge in [-0.25, -0.2) is 4.90 Å². The summed E-state index contributed by atoms with van der Waals surface area (Å²) >= 11 is 1.45. The fraction of sp³-hybridized carbons (Fsp3) is 0.304. The zero-order chi connectivity index (χ0) is 22.0. The second-order valence-corrected chi connectivity index (χ2v) is 8.40. The van der Waals surface area contributed by atoms with Crippen LogP contribution in [-0.2, 0) is 4.79 Å². The largest absolute Gasteiger partial charge is 0.493 e. The number of fused-ring (bicyclic) bond motifs is 3. The highest BCUT2D eigenvalue weighted by Gasteiger charge is 2.46. The predicted octanol–water partition coefficient (Wildman–Crippen LogP) is 3.54. The van der Waals surface area contributed by atoms with Crippen molar-refractivity contribution in [1.29, 1.82) is 0 Å². The molecule has 0 spiro atoms. The maximum Gasteiger partial charge on any atom is 0.325 e. The molecule has 160 valence electrons. The minimum atomic E-state index is -0.644. The lowest BCUT2D eigenvalue weighted by Gasteiger charge is -2.32. The zero-order valence-corrected chi connectivity index (χ0v) is 18.6. The lowest BCUT2D eigenvalue weighted by molar-refractivity contribution is -0.763. The number of amides is 1. The van der Waals surface area contributed by atoms with E-state index in [-0.39, 0.29) is 11.5 Å². The number of para-hydroxylation sites is 2. The number of hydrogen-bond donors (Lipinski definition) is 1. The van der Waals surface area contributed by atoms with Gasteiger partial charge in [0.15, 0.2) is 0 Å². The molecule has 31 heavy (non-hydrogen) atoms. The number of H-pyrrole nitrogens is 1. The van der Waals surface area contributed by atoms with Gasteiger partial charge in [0.05, 0.1) is 23.4 Å². The average molecular weight is 438 g/mol. The first-order valence-electron chi connectivity index (χ1n) is 10.4. The summed E-state index contributed by atoms with van der Waals surface area (Å²) < 4.78 is 7.67. The van der Waals surface area contributed by atoms with Gasteiger partial charge in [0.2, 0.25) is 11.1 Å². The fourth-order valence-electron chi connectivity index (χ4n) is 3.83. The van der Waals surface area contributed by atoms with Crippen molar-refractivity contribution in [2.75, 3.05) is 17.3 Å². The molecule has 8 heteroatoms. The Balaban J connectivity index is 2.03. The van der Waals surface area contributed by atoms with Crippen molar-refractivity contribution in [2.24, 2.45) is 0 Å². The molecule has 3 aromatic rings. The minimum absolute atomic E-state index is 0.146. The molecule has 1 amide bonds. The molecule has 1 atom stereocenters. The van der Waals surface area contributed by atoms with Gasteiger partial charge in [0.1, 0.15) is 5.75 Å². The van der Waals surface area contributed by atoms with E-state index in [0.29, 0.717) is 34.5 Å². The Morgan fingerprint density at radius 2 is 1.94 bits per heavy atom. The lowest BCUT2D eigenvalue weighted by Crippen LogP contribution is -2.60. The van der Waals surface area contributed by atoms with Crippen molar-refractivity contribution in [3.63, 3.8) is 0 Å². The second-order valence-electron chi connectivity index (χ2n) is 7.15. The summed E-state index contributed by atoms with van der Waals surface area (Å²) in [6, 6.07) is 15.0. The number of aromatic nitrogens is 3. The number of anilines is 1. The van der Waals surface area contributed by atoms with Gasteiger partial charge in [-0.2, -0.15) is 0 Å². The Morgan fingerprint density at radius 1 is 1.19 bits per heavy atom. The summed E-state index contributed by atoms with van der Waals surface area (Å²) in [4.78, 5) is 30.7. The van der Waals surface area contributed by atoms with Crippen molar-refractivity contribution < 1.29 is 14.2 Å². The van der Waals surface area contributed by atoms with Crippen LogP contribution in [0.3, 0.4) is 0 Å². The SMILES string of the molecule is CCCOc1ccccc1[C@@H]1N(C(C)=O)c2ccccc2-c2c(=O)[nH]c(SCC)n[n+]21. The normalized spacial score (nSPS) is 14.7. The van der Waals surface area contributed by atoms with Gasteiger partial charge in [-0.1, -0.05) is 49.9 Å². The van der Waals surface area contributed by atoms with Crippen molar-refractivity contribution >= 4 is 23.4 Å². The molecule has 0 unspecified atom stereocenters. The minimum Gasteiger partial charge on any atom is -0.493 e. The van der Waals surface area contributed by atoms with Gasteiger partial charge in [-0.3, -0.25) is 14.6 Å². The number of ether oxygens (including phenoxy) is 1. The zero-order valence-electron chi connectivity index (χ0n) is 17.8. The molecular weight excluding hydrogens is 412 g/mol. The third-order valence-electron chi connectivity index (χ3n) is 5.04. The second kappa shape index (κ2) is 8.93. The van der Waals surface area contributed by atoms with Crippen LogP contribution in [0, 0.1) is 0 Å². The molecule has 0 saturated heterocycles. The number of nitrogens with one attached hydrogen (secondary N) is 1. The van der Waals surface area contributed by atoms with E-state index in [0.717, 1.165) is 17.7 Å². The highest BCUT2D eigenvalue weighted by molar-refractivity contribution is 7.99. The van der Waals surface area contributed by atoms with E-state index in [9.17, 15) is 9.59 Å². The number of nitrogens with zero attached hydrogens (tertiary/aromatic N) is 3. The number of benzene rings is 2. The quantitative estimate of drug-likeness (QED) is 0.471. The number of carbonyl (C=O) groups excluding carboxylic acids is 1. The molecule has 0 aliphatic carbocycles. The molecule has 1 aromatic heterocycles. The van der Waals surface area contributed by atoms with Gasteiger partial charge in [-0.05, 0) is 41.1 Å². The molecule has 2 heterocycles. The molecule has 7 nitrogen and oxygen atoms in total. The van der Waals surface area contributed by atoms with Gasteiger partial charge >= 0.3 is 11.3 Å².